The Kier molecular flexibility index (Phi) is 3.78. The van der Waals surface area contributed by atoms with Crippen LogP contribution in [0.2, 0.25) is 0 Å². The van der Waals surface area contributed by atoms with Crippen LogP contribution in [0.15, 0.2) is 0 Å². The molecule has 106 valence electrons. The largest absolute Gasteiger partial charge is 0.467 e. The number of ether oxygens (including phenoxy) is 1. The van der Waals surface area contributed by atoms with Gasteiger partial charge in [-0.1, -0.05) is 13.8 Å². The molecule has 2 rings (SSSR count). The van der Waals surface area contributed by atoms with Crippen LogP contribution in [0, 0.1) is 5.41 Å². The quantitative estimate of drug-likeness (QED) is 0.899. The van der Waals surface area contributed by atoms with Gasteiger partial charge in [-0.2, -0.15) is 15.0 Å². The molecule has 0 bridgehead atoms. The van der Waals surface area contributed by atoms with E-state index in [9.17, 15) is 0 Å². The van der Waals surface area contributed by atoms with E-state index < -0.39 is 0 Å². The van der Waals surface area contributed by atoms with E-state index in [2.05, 4.69) is 33.7 Å². The van der Waals surface area contributed by atoms with Crippen LogP contribution in [0.4, 0.5) is 11.9 Å². The van der Waals surface area contributed by atoms with Crippen LogP contribution in [0.5, 0.6) is 6.01 Å². The third-order valence-electron chi connectivity index (χ3n) is 3.97. The number of nitrogens with zero attached hydrogens (tertiary/aromatic N) is 4. The Balaban J connectivity index is 2.11. The first-order chi connectivity index (χ1) is 8.91. The first-order valence-corrected chi connectivity index (χ1v) is 6.70. The number of nitrogens with two attached hydrogens (primary N) is 1. The van der Waals surface area contributed by atoms with Gasteiger partial charge in [-0.15, -0.1) is 0 Å². The molecule has 2 N–H and O–H groups in total. The van der Waals surface area contributed by atoms with Crippen LogP contribution < -0.4 is 15.4 Å². The smallest absolute Gasteiger partial charge is 0.322 e. The molecule has 1 aromatic heterocycles. The summed E-state index contributed by atoms with van der Waals surface area (Å²) in [6, 6.07) is 0.727. The molecule has 0 saturated heterocycles. The minimum atomic E-state index is 0.199. The van der Waals surface area contributed by atoms with Crippen LogP contribution in [0.1, 0.15) is 39.5 Å². The highest BCUT2D eigenvalue weighted by Gasteiger charge is 2.30. The molecule has 0 aromatic carbocycles. The van der Waals surface area contributed by atoms with E-state index in [-0.39, 0.29) is 12.0 Å². The number of methoxy groups -OCH3 is 1. The number of hydrogen-bond donors (Lipinski definition) is 1. The molecular formula is C13H23N5O. The molecule has 0 aliphatic heterocycles. The minimum Gasteiger partial charge on any atom is -0.467 e. The predicted octanol–water partition coefficient (Wildman–Crippen LogP) is 1.87. The van der Waals surface area contributed by atoms with Crippen LogP contribution in [0.25, 0.3) is 0 Å². The molecule has 0 amide bonds. The molecule has 1 saturated carbocycles. The maximum absolute atomic E-state index is 5.68. The molecule has 1 fully saturated rings. The van der Waals surface area contributed by atoms with Crippen molar-refractivity contribution in [2.75, 3.05) is 24.8 Å². The maximum atomic E-state index is 5.68. The summed E-state index contributed by atoms with van der Waals surface area (Å²) in [5, 5.41) is 0. The molecule has 0 unspecified atom stereocenters. The lowest BCUT2D eigenvalue weighted by molar-refractivity contribution is 0.222. The average Bonchev–Trinajstić information content (AvgIpc) is 2.37. The predicted molar refractivity (Wildman–Crippen MR) is 75.2 cm³/mol. The van der Waals surface area contributed by atoms with Crippen molar-refractivity contribution in [3.8, 4) is 6.01 Å². The molecule has 19 heavy (non-hydrogen) atoms. The molecule has 0 spiro atoms. The van der Waals surface area contributed by atoms with E-state index in [1.165, 1.54) is 20.0 Å². The summed E-state index contributed by atoms with van der Waals surface area (Å²) in [7, 11) is 3.54. The van der Waals surface area contributed by atoms with E-state index in [4.69, 9.17) is 10.5 Å². The lowest BCUT2D eigenvalue weighted by Gasteiger charge is -2.38. The zero-order valence-corrected chi connectivity index (χ0v) is 12.2. The SMILES string of the molecule is COc1nc(N)nc(N(C)C2CCC(C)(C)CC2)n1. The Morgan fingerprint density at radius 1 is 1.21 bits per heavy atom. The lowest BCUT2D eigenvalue weighted by Crippen LogP contribution is -2.38. The molecule has 6 nitrogen and oxygen atoms in total. The van der Waals surface area contributed by atoms with Crippen molar-refractivity contribution < 1.29 is 4.74 Å². The van der Waals surface area contributed by atoms with Gasteiger partial charge >= 0.3 is 6.01 Å². The highest BCUT2D eigenvalue weighted by molar-refractivity contribution is 5.36. The van der Waals surface area contributed by atoms with E-state index in [1.807, 2.05) is 7.05 Å². The van der Waals surface area contributed by atoms with Crippen molar-refractivity contribution in [2.45, 2.75) is 45.6 Å². The Labute approximate surface area is 114 Å². The van der Waals surface area contributed by atoms with Crippen LogP contribution in [-0.2, 0) is 0 Å². The molecule has 1 aliphatic carbocycles. The zero-order valence-electron chi connectivity index (χ0n) is 12.2. The van der Waals surface area contributed by atoms with Crippen LogP contribution in [0.3, 0.4) is 0 Å². The Bertz CT molecular complexity index is 439. The third kappa shape index (κ3) is 3.24. The van der Waals surface area contributed by atoms with Crippen molar-refractivity contribution in [1.29, 1.82) is 0 Å². The van der Waals surface area contributed by atoms with Gasteiger partial charge in [0.2, 0.25) is 11.9 Å². The lowest BCUT2D eigenvalue weighted by atomic mass is 9.75. The van der Waals surface area contributed by atoms with Crippen molar-refractivity contribution >= 4 is 11.9 Å². The van der Waals surface area contributed by atoms with E-state index in [0.29, 0.717) is 17.4 Å². The normalized spacial score (nSPS) is 19.2. The monoisotopic (exact) mass is 265 g/mol. The summed E-state index contributed by atoms with van der Waals surface area (Å²) in [4.78, 5) is 14.5. The summed E-state index contributed by atoms with van der Waals surface area (Å²) in [5.41, 5.74) is 6.13. The van der Waals surface area contributed by atoms with Gasteiger partial charge in [-0.3, -0.25) is 0 Å². The molecular weight excluding hydrogens is 242 g/mol. The summed E-state index contributed by atoms with van der Waals surface area (Å²) >= 11 is 0. The first-order valence-electron chi connectivity index (χ1n) is 6.70. The van der Waals surface area contributed by atoms with E-state index >= 15 is 0 Å². The fourth-order valence-electron chi connectivity index (χ4n) is 2.54. The van der Waals surface area contributed by atoms with Gasteiger partial charge in [-0.25, -0.2) is 0 Å². The Morgan fingerprint density at radius 2 is 1.84 bits per heavy atom. The highest BCUT2D eigenvalue weighted by atomic mass is 16.5. The summed E-state index contributed by atoms with van der Waals surface area (Å²) in [6.45, 7) is 4.65. The zero-order chi connectivity index (χ0) is 14.0. The highest BCUT2D eigenvalue weighted by Crippen LogP contribution is 2.37. The van der Waals surface area contributed by atoms with Crippen LogP contribution >= 0.6 is 0 Å². The first kappa shape index (κ1) is 13.8. The second-order valence-corrected chi connectivity index (χ2v) is 5.99. The van der Waals surface area contributed by atoms with Gasteiger partial charge in [0.15, 0.2) is 0 Å². The van der Waals surface area contributed by atoms with E-state index in [1.54, 1.807) is 0 Å². The van der Waals surface area contributed by atoms with Gasteiger partial charge in [0.05, 0.1) is 7.11 Å². The summed E-state index contributed by atoms with van der Waals surface area (Å²) in [6.07, 6.45) is 4.74. The molecule has 0 radical (unpaired) electrons. The number of rotatable bonds is 3. The van der Waals surface area contributed by atoms with E-state index in [0.717, 1.165) is 12.8 Å². The van der Waals surface area contributed by atoms with Gasteiger partial charge < -0.3 is 15.4 Å². The van der Waals surface area contributed by atoms with Crippen molar-refractivity contribution in [3.05, 3.63) is 0 Å². The molecule has 1 heterocycles. The number of aromatic nitrogens is 3. The average molecular weight is 265 g/mol. The van der Waals surface area contributed by atoms with Crippen LogP contribution in [-0.4, -0.2) is 35.2 Å². The standard InChI is InChI=1S/C13H23N5O/c1-13(2)7-5-9(6-8-13)18(3)11-15-10(14)16-12(17-11)19-4/h9H,5-8H2,1-4H3,(H2,14,15,16,17). The van der Waals surface area contributed by atoms with Crippen molar-refractivity contribution in [1.82, 2.24) is 15.0 Å². The Morgan fingerprint density at radius 3 is 2.42 bits per heavy atom. The van der Waals surface area contributed by atoms with Gasteiger partial charge in [-0.05, 0) is 31.1 Å². The molecule has 0 atom stereocenters. The van der Waals surface area contributed by atoms with Crippen molar-refractivity contribution in [2.24, 2.45) is 5.41 Å². The fourth-order valence-corrected chi connectivity index (χ4v) is 2.54. The number of hydrogen-bond acceptors (Lipinski definition) is 6. The third-order valence-corrected chi connectivity index (χ3v) is 3.97. The van der Waals surface area contributed by atoms with Crippen molar-refractivity contribution in [3.63, 3.8) is 0 Å². The molecule has 1 aliphatic rings. The Hall–Kier alpha value is -1.59. The maximum Gasteiger partial charge on any atom is 0.322 e. The summed E-state index contributed by atoms with van der Waals surface area (Å²) < 4.78 is 5.04. The second-order valence-electron chi connectivity index (χ2n) is 5.99. The molecule has 6 heteroatoms. The number of nitrogen functional groups attached to an aromatic ring is 1. The fraction of sp³-hybridized carbons (Fsp3) is 0.769. The van der Waals surface area contributed by atoms with Gasteiger partial charge in [0, 0.05) is 13.1 Å². The number of anilines is 2. The van der Waals surface area contributed by atoms with Gasteiger partial charge in [0.25, 0.3) is 0 Å². The summed E-state index contributed by atoms with van der Waals surface area (Å²) in [5.74, 6) is 0.791. The van der Waals surface area contributed by atoms with Gasteiger partial charge in [0.1, 0.15) is 0 Å². The topological polar surface area (TPSA) is 77.2 Å². The second kappa shape index (κ2) is 5.19. The minimum absolute atomic E-state index is 0.199. The molecule has 1 aromatic rings.